The molecule has 1 aliphatic rings. The number of rotatable bonds is 5. The molecule has 0 saturated heterocycles. The topological polar surface area (TPSA) is 90.9 Å². The Hall–Kier alpha value is -3.04. The van der Waals surface area contributed by atoms with Gasteiger partial charge in [-0.1, -0.05) is 29.8 Å². The summed E-state index contributed by atoms with van der Waals surface area (Å²) in [6.45, 7) is 2.77. The molecular weight excluding hydrogens is 426 g/mol. The summed E-state index contributed by atoms with van der Waals surface area (Å²) >= 11 is 1.03. The highest BCUT2D eigenvalue weighted by atomic mass is 32.2. The van der Waals surface area contributed by atoms with E-state index in [0.29, 0.717) is 41.5 Å². The number of hydrogen-bond acceptors (Lipinski definition) is 7. The van der Waals surface area contributed by atoms with E-state index < -0.39 is 16.0 Å². The third-order valence-electron chi connectivity index (χ3n) is 4.54. The van der Waals surface area contributed by atoms with Gasteiger partial charge in [-0.05, 0) is 24.6 Å². The lowest BCUT2D eigenvalue weighted by Gasteiger charge is -2.19. The Kier molecular flexibility index (Phi) is 5.40. The fourth-order valence-electron chi connectivity index (χ4n) is 3.09. The first-order valence-electron chi connectivity index (χ1n) is 9.08. The molecule has 0 saturated carbocycles. The van der Waals surface area contributed by atoms with E-state index in [1.54, 1.807) is 23.6 Å². The van der Waals surface area contributed by atoms with Gasteiger partial charge in [0.05, 0.1) is 12.8 Å². The number of aryl methyl sites for hydroxylation is 1. The largest absolute Gasteiger partial charge is 0.486 e. The van der Waals surface area contributed by atoms with Gasteiger partial charge in [-0.3, -0.25) is 4.72 Å². The molecule has 0 unspecified atom stereocenters. The van der Waals surface area contributed by atoms with Crippen molar-refractivity contribution in [2.75, 3.05) is 25.0 Å². The van der Waals surface area contributed by atoms with Crippen LogP contribution in [0.5, 0.6) is 11.5 Å². The molecule has 9 heteroatoms. The predicted octanol–water partition coefficient (Wildman–Crippen LogP) is 4.08. The van der Waals surface area contributed by atoms with Crippen LogP contribution in [0, 0.1) is 6.92 Å². The van der Waals surface area contributed by atoms with E-state index in [1.165, 1.54) is 7.11 Å². The molecule has 2 aromatic carbocycles. The van der Waals surface area contributed by atoms with Crippen molar-refractivity contribution in [1.82, 2.24) is 0 Å². The minimum absolute atomic E-state index is 0.0121. The maximum Gasteiger partial charge on any atom is 0.349 e. The van der Waals surface area contributed by atoms with Crippen molar-refractivity contribution in [2.45, 2.75) is 11.8 Å². The second-order valence-electron chi connectivity index (χ2n) is 6.63. The van der Waals surface area contributed by atoms with Crippen molar-refractivity contribution >= 4 is 33.0 Å². The van der Waals surface area contributed by atoms with Gasteiger partial charge in [0, 0.05) is 17.0 Å². The number of carbonyl (C=O) groups is 1. The first-order chi connectivity index (χ1) is 14.4. The minimum Gasteiger partial charge on any atom is -0.486 e. The van der Waals surface area contributed by atoms with Crippen molar-refractivity contribution in [1.29, 1.82) is 0 Å². The maximum absolute atomic E-state index is 13.3. The van der Waals surface area contributed by atoms with Gasteiger partial charge in [0.25, 0.3) is 10.0 Å². The summed E-state index contributed by atoms with van der Waals surface area (Å²) in [5.41, 5.74) is 2.47. The van der Waals surface area contributed by atoms with E-state index >= 15 is 0 Å². The number of methoxy groups -OCH3 is 1. The van der Waals surface area contributed by atoms with Crippen LogP contribution in [0.2, 0.25) is 0 Å². The van der Waals surface area contributed by atoms with Crippen molar-refractivity contribution in [3.8, 4) is 22.6 Å². The SMILES string of the molecule is COC(=O)c1scc(-c2ccc(C)cc2)c1S(=O)(=O)Nc1ccc2c(c1)OCCO2. The number of hydrogen-bond donors (Lipinski definition) is 1. The minimum atomic E-state index is -4.11. The van der Waals surface area contributed by atoms with Gasteiger partial charge >= 0.3 is 5.97 Å². The summed E-state index contributed by atoms with van der Waals surface area (Å²) in [7, 11) is -2.89. The number of carbonyl (C=O) groups excluding carboxylic acids is 1. The molecule has 2 heterocycles. The van der Waals surface area contributed by atoms with Crippen LogP contribution in [0.25, 0.3) is 11.1 Å². The summed E-state index contributed by atoms with van der Waals surface area (Å²) in [5.74, 6) is 0.301. The van der Waals surface area contributed by atoms with Gasteiger partial charge in [-0.15, -0.1) is 11.3 Å². The lowest BCUT2D eigenvalue weighted by molar-refractivity contribution is 0.0602. The van der Waals surface area contributed by atoms with E-state index in [-0.39, 0.29) is 9.77 Å². The fraction of sp³-hybridized carbons (Fsp3) is 0.190. The van der Waals surface area contributed by atoms with Gasteiger partial charge < -0.3 is 14.2 Å². The van der Waals surface area contributed by atoms with Crippen LogP contribution in [-0.2, 0) is 14.8 Å². The second kappa shape index (κ2) is 8.00. The number of anilines is 1. The number of fused-ring (bicyclic) bond motifs is 1. The smallest absolute Gasteiger partial charge is 0.349 e. The number of thiophene rings is 1. The Morgan fingerprint density at radius 3 is 2.47 bits per heavy atom. The Morgan fingerprint density at radius 2 is 1.77 bits per heavy atom. The summed E-state index contributed by atoms with van der Waals surface area (Å²) in [4.78, 5) is 12.2. The normalized spacial score (nSPS) is 13.0. The van der Waals surface area contributed by atoms with Crippen LogP contribution < -0.4 is 14.2 Å². The van der Waals surface area contributed by atoms with Gasteiger partial charge in [-0.2, -0.15) is 0 Å². The first kappa shape index (κ1) is 20.2. The molecule has 1 N–H and O–H groups in total. The molecule has 30 heavy (non-hydrogen) atoms. The molecule has 0 radical (unpaired) electrons. The number of esters is 1. The molecule has 0 fully saturated rings. The maximum atomic E-state index is 13.3. The first-order valence-corrected chi connectivity index (χ1v) is 11.4. The van der Waals surface area contributed by atoms with Crippen molar-refractivity contribution < 1.29 is 27.4 Å². The lowest BCUT2D eigenvalue weighted by atomic mass is 10.1. The molecule has 0 atom stereocenters. The van der Waals surface area contributed by atoms with Crippen molar-refractivity contribution in [2.24, 2.45) is 0 Å². The summed E-state index contributed by atoms with van der Waals surface area (Å²) in [5, 5.41) is 1.65. The van der Waals surface area contributed by atoms with E-state index in [0.717, 1.165) is 16.9 Å². The number of nitrogens with one attached hydrogen (secondary N) is 1. The third kappa shape index (κ3) is 3.86. The molecular formula is C21H19NO6S2. The van der Waals surface area contributed by atoms with Crippen LogP contribution in [0.3, 0.4) is 0 Å². The van der Waals surface area contributed by atoms with E-state index in [4.69, 9.17) is 14.2 Å². The molecule has 0 spiro atoms. The van der Waals surface area contributed by atoms with E-state index in [2.05, 4.69) is 4.72 Å². The summed E-state index contributed by atoms with van der Waals surface area (Å²) in [6.07, 6.45) is 0. The van der Waals surface area contributed by atoms with Crippen LogP contribution in [0.4, 0.5) is 5.69 Å². The highest BCUT2D eigenvalue weighted by Gasteiger charge is 2.30. The quantitative estimate of drug-likeness (QED) is 0.595. The van der Waals surface area contributed by atoms with E-state index in [9.17, 15) is 13.2 Å². The molecule has 3 aromatic rings. The standard InChI is InChI=1S/C21H19NO6S2/c1-13-3-5-14(6-4-13)16-12-29-19(21(23)26-2)20(16)30(24,25)22-15-7-8-17-18(11-15)28-10-9-27-17/h3-8,11-12,22H,9-10H2,1-2H3. The van der Waals surface area contributed by atoms with Crippen molar-refractivity contribution in [3.05, 3.63) is 58.3 Å². The third-order valence-corrected chi connectivity index (χ3v) is 7.10. The molecule has 4 rings (SSSR count). The fourth-order valence-corrected chi connectivity index (χ4v) is 5.86. The highest BCUT2D eigenvalue weighted by molar-refractivity contribution is 7.93. The molecule has 0 bridgehead atoms. The summed E-state index contributed by atoms with van der Waals surface area (Å²) < 4.78 is 45.0. The molecule has 0 aliphatic carbocycles. The average Bonchev–Trinajstić information content (AvgIpc) is 3.19. The van der Waals surface area contributed by atoms with E-state index in [1.807, 2.05) is 31.2 Å². The number of sulfonamides is 1. The number of ether oxygens (including phenoxy) is 3. The molecule has 1 aliphatic heterocycles. The van der Waals surface area contributed by atoms with Gasteiger partial charge in [0.15, 0.2) is 11.5 Å². The zero-order chi connectivity index (χ0) is 21.3. The zero-order valence-corrected chi connectivity index (χ0v) is 17.9. The number of benzene rings is 2. The second-order valence-corrected chi connectivity index (χ2v) is 9.13. The summed E-state index contributed by atoms with van der Waals surface area (Å²) in [6, 6.07) is 12.2. The van der Waals surface area contributed by atoms with Gasteiger partial charge in [0.2, 0.25) is 0 Å². The van der Waals surface area contributed by atoms with Crippen molar-refractivity contribution in [3.63, 3.8) is 0 Å². The Bertz CT molecular complexity index is 1200. The lowest BCUT2D eigenvalue weighted by Crippen LogP contribution is -2.18. The Morgan fingerprint density at radius 1 is 1.07 bits per heavy atom. The Balaban J connectivity index is 1.78. The average molecular weight is 446 g/mol. The molecule has 7 nitrogen and oxygen atoms in total. The van der Waals surface area contributed by atoms with Crippen LogP contribution in [0.15, 0.2) is 52.7 Å². The Labute approximate surface area is 178 Å². The van der Waals surface area contributed by atoms with Crippen LogP contribution in [0.1, 0.15) is 15.2 Å². The van der Waals surface area contributed by atoms with Crippen LogP contribution >= 0.6 is 11.3 Å². The van der Waals surface area contributed by atoms with Crippen LogP contribution in [-0.4, -0.2) is 34.7 Å². The highest BCUT2D eigenvalue weighted by Crippen LogP contribution is 2.38. The molecule has 1 aromatic heterocycles. The van der Waals surface area contributed by atoms with Gasteiger partial charge in [-0.25, -0.2) is 13.2 Å². The molecule has 156 valence electrons. The predicted molar refractivity (Wildman–Crippen MR) is 114 cm³/mol. The monoisotopic (exact) mass is 445 g/mol. The molecule has 0 amide bonds. The zero-order valence-electron chi connectivity index (χ0n) is 16.3. The van der Waals surface area contributed by atoms with Gasteiger partial charge in [0.1, 0.15) is 23.0 Å².